The number of carboxylic acid groups (broad SMARTS) is 1. The quantitative estimate of drug-likeness (QED) is 0.913. The fourth-order valence-corrected chi connectivity index (χ4v) is 3.36. The van der Waals surface area contributed by atoms with Crippen molar-refractivity contribution < 1.29 is 14.7 Å². The molecule has 6 heteroatoms. The lowest BCUT2D eigenvalue weighted by Gasteiger charge is -2.23. The maximum atomic E-state index is 12.5. The fourth-order valence-electron chi connectivity index (χ4n) is 3.18. The minimum Gasteiger partial charge on any atom is -0.481 e. The van der Waals surface area contributed by atoms with E-state index in [4.69, 9.17) is 16.7 Å². The molecule has 3 rings (SSSR count). The number of carbonyl (C=O) groups excluding carboxylic acids is 1. The van der Waals surface area contributed by atoms with E-state index in [2.05, 4.69) is 4.98 Å². The van der Waals surface area contributed by atoms with Crippen LogP contribution in [0.25, 0.3) is 10.9 Å². The number of nitrogens with one attached hydrogen (secondary N) is 1. The number of carboxylic acids is 1. The highest BCUT2D eigenvalue weighted by Crippen LogP contribution is 2.27. The maximum absolute atomic E-state index is 12.5. The zero-order chi connectivity index (χ0) is 15.9. The van der Waals surface area contributed by atoms with Crippen LogP contribution in [0.15, 0.2) is 24.4 Å². The number of benzene rings is 1. The number of hydrogen-bond acceptors (Lipinski definition) is 2. The van der Waals surface area contributed by atoms with E-state index >= 15 is 0 Å². The Morgan fingerprint density at radius 1 is 1.45 bits per heavy atom. The second kappa shape index (κ2) is 5.65. The van der Waals surface area contributed by atoms with E-state index in [1.54, 1.807) is 17.9 Å². The molecule has 2 atom stereocenters. The maximum Gasteiger partial charge on any atom is 0.308 e. The topological polar surface area (TPSA) is 73.4 Å². The molecule has 1 aliphatic heterocycles. The molecule has 116 valence electrons. The largest absolute Gasteiger partial charge is 0.481 e. The summed E-state index contributed by atoms with van der Waals surface area (Å²) in [6, 6.07) is 5.25. The molecular formula is C16H17ClN2O3. The number of nitrogens with zero attached hydrogens (tertiary/aromatic N) is 1. The monoisotopic (exact) mass is 320 g/mol. The highest BCUT2D eigenvalue weighted by atomic mass is 35.5. The third kappa shape index (κ3) is 2.57. The van der Waals surface area contributed by atoms with Gasteiger partial charge in [-0.3, -0.25) is 9.59 Å². The van der Waals surface area contributed by atoms with Crippen LogP contribution >= 0.6 is 11.6 Å². The minimum absolute atomic E-state index is 0.0443. The van der Waals surface area contributed by atoms with Gasteiger partial charge >= 0.3 is 5.97 Å². The average Bonchev–Trinajstić information content (AvgIpc) is 3.03. The van der Waals surface area contributed by atoms with Gasteiger partial charge in [0.2, 0.25) is 5.91 Å². The Bertz CT molecular complexity index is 740. The summed E-state index contributed by atoms with van der Waals surface area (Å²) in [6.07, 6.45) is 2.58. The molecule has 2 heterocycles. The van der Waals surface area contributed by atoms with Crippen molar-refractivity contribution in [3.8, 4) is 0 Å². The van der Waals surface area contributed by atoms with Gasteiger partial charge in [0.1, 0.15) is 0 Å². The molecule has 0 aliphatic carbocycles. The van der Waals surface area contributed by atoms with Gasteiger partial charge in [0, 0.05) is 34.7 Å². The van der Waals surface area contributed by atoms with E-state index < -0.39 is 11.9 Å². The summed E-state index contributed by atoms with van der Waals surface area (Å²) < 4.78 is 0. The van der Waals surface area contributed by atoms with Gasteiger partial charge in [-0.05, 0) is 37.1 Å². The third-order valence-corrected chi connectivity index (χ3v) is 4.70. The van der Waals surface area contributed by atoms with Gasteiger partial charge in [0.05, 0.1) is 12.3 Å². The van der Waals surface area contributed by atoms with E-state index in [-0.39, 0.29) is 18.4 Å². The smallest absolute Gasteiger partial charge is 0.308 e. The van der Waals surface area contributed by atoms with Crippen LogP contribution in [0.5, 0.6) is 0 Å². The first-order valence-corrected chi connectivity index (χ1v) is 7.63. The summed E-state index contributed by atoms with van der Waals surface area (Å²) >= 11 is 6.01. The first-order valence-electron chi connectivity index (χ1n) is 7.25. The standard InChI is InChI=1S/C16H17ClN2O3/c1-9-12(16(21)22)4-5-19(9)15(20)6-10-8-18-14-3-2-11(17)7-13(10)14/h2-3,7-9,12,18H,4-6H2,1H3,(H,21,22). The normalized spacial score (nSPS) is 21.5. The molecule has 1 aromatic carbocycles. The Morgan fingerprint density at radius 2 is 2.23 bits per heavy atom. The number of fused-ring (bicyclic) bond motifs is 1. The van der Waals surface area contributed by atoms with Crippen LogP contribution < -0.4 is 0 Å². The van der Waals surface area contributed by atoms with Gasteiger partial charge in [0.25, 0.3) is 0 Å². The molecule has 2 unspecified atom stereocenters. The number of aliphatic carboxylic acids is 1. The summed E-state index contributed by atoms with van der Waals surface area (Å²) in [5.74, 6) is -1.35. The van der Waals surface area contributed by atoms with Gasteiger partial charge in [-0.2, -0.15) is 0 Å². The molecule has 0 saturated carbocycles. The van der Waals surface area contributed by atoms with Gasteiger partial charge in [0.15, 0.2) is 0 Å². The number of aromatic amines is 1. The van der Waals surface area contributed by atoms with Gasteiger partial charge in [-0.1, -0.05) is 11.6 Å². The Balaban J connectivity index is 1.79. The zero-order valence-corrected chi connectivity index (χ0v) is 12.9. The molecule has 0 radical (unpaired) electrons. The van der Waals surface area contributed by atoms with E-state index in [0.717, 1.165) is 16.5 Å². The predicted molar refractivity (Wildman–Crippen MR) is 83.9 cm³/mol. The fraction of sp³-hybridized carbons (Fsp3) is 0.375. The van der Waals surface area contributed by atoms with Crippen LogP contribution in [0.4, 0.5) is 0 Å². The highest BCUT2D eigenvalue weighted by Gasteiger charge is 2.37. The van der Waals surface area contributed by atoms with Crippen LogP contribution in [-0.4, -0.2) is 39.5 Å². The lowest BCUT2D eigenvalue weighted by Crippen LogP contribution is -2.38. The molecule has 0 bridgehead atoms. The Labute approximate surface area is 132 Å². The van der Waals surface area contributed by atoms with Crippen molar-refractivity contribution in [1.82, 2.24) is 9.88 Å². The van der Waals surface area contributed by atoms with Crippen LogP contribution in [-0.2, 0) is 16.0 Å². The molecule has 5 nitrogen and oxygen atoms in total. The number of rotatable bonds is 3. The van der Waals surface area contributed by atoms with Crippen molar-refractivity contribution in [2.75, 3.05) is 6.54 Å². The summed E-state index contributed by atoms with van der Waals surface area (Å²) in [4.78, 5) is 28.5. The van der Waals surface area contributed by atoms with Crippen LogP contribution in [0.1, 0.15) is 18.9 Å². The van der Waals surface area contributed by atoms with E-state index in [9.17, 15) is 9.59 Å². The summed E-state index contributed by atoms with van der Waals surface area (Å²) in [5.41, 5.74) is 1.82. The third-order valence-electron chi connectivity index (χ3n) is 4.46. The van der Waals surface area contributed by atoms with Gasteiger partial charge in [-0.25, -0.2) is 0 Å². The number of hydrogen-bond donors (Lipinski definition) is 2. The molecule has 1 amide bonds. The van der Waals surface area contributed by atoms with Gasteiger partial charge in [-0.15, -0.1) is 0 Å². The molecule has 22 heavy (non-hydrogen) atoms. The first-order chi connectivity index (χ1) is 10.5. The molecule has 1 fully saturated rings. The first kappa shape index (κ1) is 14.9. The van der Waals surface area contributed by atoms with Crippen LogP contribution in [0.3, 0.4) is 0 Å². The van der Waals surface area contributed by atoms with E-state index in [1.807, 2.05) is 18.3 Å². The number of aromatic nitrogens is 1. The van der Waals surface area contributed by atoms with Gasteiger partial charge < -0.3 is 15.0 Å². The summed E-state index contributed by atoms with van der Waals surface area (Å²) in [5, 5.41) is 10.7. The number of carbonyl (C=O) groups is 2. The number of halogens is 1. The Kier molecular flexibility index (Phi) is 3.83. The number of amides is 1. The number of H-pyrrole nitrogens is 1. The van der Waals surface area contributed by atoms with Crippen molar-refractivity contribution in [2.45, 2.75) is 25.8 Å². The lowest BCUT2D eigenvalue weighted by atomic mass is 10.0. The Hall–Kier alpha value is -2.01. The molecule has 2 N–H and O–H groups in total. The van der Waals surface area contributed by atoms with Crippen LogP contribution in [0, 0.1) is 5.92 Å². The molecule has 1 aliphatic rings. The second-order valence-electron chi connectivity index (χ2n) is 5.74. The molecule has 0 spiro atoms. The average molecular weight is 321 g/mol. The van der Waals surface area contributed by atoms with E-state index in [0.29, 0.717) is 18.0 Å². The van der Waals surface area contributed by atoms with Crippen molar-refractivity contribution in [3.05, 3.63) is 35.0 Å². The lowest BCUT2D eigenvalue weighted by molar-refractivity contribution is -0.143. The van der Waals surface area contributed by atoms with Crippen molar-refractivity contribution in [3.63, 3.8) is 0 Å². The summed E-state index contributed by atoms with van der Waals surface area (Å²) in [6.45, 7) is 2.30. The number of likely N-dealkylation sites (tertiary alicyclic amines) is 1. The van der Waals surface area contributed by atoms with Crippen LogP contribution in [0.2, 0.25) is 5.02 Å². The van der Waals surface area contributed by atoms with Crippen molar-refractivity contribution in [1.29, 1.82) is 0 Å². The predicted octanol–water partition coefficient (Wildman–Crippen LogP) is 2.69. The van der Waals surface area contributed by atoms with Crippen molar-refractivity contribution >= 4 is 34.4 Å². The molecule has 2 aromatic rings. The zero-order valence-electron chi connectivity index (χ0n) is 12.2. The van der Waals surface area contributed by atoms with Crippen molar-refractivity contribution in [2.24, 2.45) is 5.92 Å². The molecule has 1 saturated heterocycles. The second-order valence-corrected chi connectivity index (χ2v) is 6.18. The van der Waals surface area contributed by atoms with E-state index in [1.165, 1.54) is 0 Å². The highest BCUT2D eigenvalue weighted by molar-refractivity contribution is 6.31. The molecule has 1 aromatic heterocycles. The Morgan fingerprint density at radius 3 is 2.91 bits per heavy atom. The molecular weight excluding hydrogens is 304 g/mol. The summed E-state index contributed by atoms with van der Waals surface area (Å²) in [7, 11) is 0. The minimum atomic E-state index is -0.832. The SMILES string of the molecule is CC1C(C(=O)O)CCN1C(=O)Cc1c[nH]c2ccc(Cl)cc12.